The average molecular weight is 749 g/mol. The summed E-state index contributed by atoms with van der Waals surface area (Å²) < 4.78 is 2.43. The van der Waals surface area contributed by atoms with E-state index in [1.54, 1.807) is 19.9 Å². The van der Waals surface area contributed by atoms with Crippen LogP contribution in [0.5, 0.6) is 0 Å². The largest absolute Gasteiger partial charge is 1.00 e. The summed E-state index contributed by atoms with van der Waals surface area (Å²) in [6.45, 7) is 18.8. The van der Waals surface area contributed by atoms with E-state index in [0.717, 1.165) is 0 Å². The van der Waals surface area contributed by atoms with Crippen LogP contribution in [0.2, 0.25) is 0 Å². The fraction of sp³-hybridized carbons (Fsp3) is 0.267. The third-order valence-corrected chi connectivity index (χ3v) is 18.9. The topological polar surface area (TPSA) is 0 Å². The fourth-order valence-electron chi connectivity index (χ4n) is 7.82. The van der Waals surface area contributed by atoms with Crippen molar-refractivity contribution in [2.75, 3.05) is 0 Å². The maximum atomic E-state index is 2.68. The van der Waals surface area contributed by atoms with Crippen molar-refractivity contribution in [1.29, 1.82) is 0 Å². The summed E-state index contributed by atoms with van der Waals surface area (Å²) in [7, 11) is 0. The van der Waals surface area contributed by atoms with Crippen molar-refractivity contribution < 1.29 is 46.1 Å². The number of hydrogen-bond donors (Lipinski definition) is 0. The molecule has 0 amide bonds. The van der Waals surface area contributed by atoms with Crippen LogP contribution >= 0.6 is 0 Å². The maximum absolute atomic E-state index is 2.90. The van der Waals surface area contributed by atoms with Gasteiger partial charge >= 0.3 is 286 Å². The Balaban J connectivity index is 0.00000225. The zero-order valence-corrected chi connectivity index (χ0v) is 33.4. The Morgan fingerprint density at radius 3 is 1.48 bits per heavy atom. The molecule has 244 valence electrons. The van der Waals surface area contributed by atoms with Gasteiger partial charge in [-0.15, -0.1) is 0 Å². The molecule has 0 saturated carbocycles. The molecule has 5 aromatic rings. The first-order chi connectivity index (χ1) is 21.9. The molecule has 48 heavy (non-hydrogen) atoms. The Labute approximate surface area is 308 Å². The summed E-state index contributed by atoms with van der Waals surface area (Å²) in [6.07, 6.45) is 2.68. The Morgan fingerprint density at radius 1 is 0.542 bits per heavy atom. The van der Waals surface area contributed by atoms with E-state index in [1.165, 1.54) is 50.1 Å². The molecule has 7 rings (SSSR count). The number of aryl methyl sites for hydroxylation is 1. The van der Waals surface area contributed by atoms with Gasteiger partial charge in [-0.3, -0.25) is 0 Å². The van der Waals surface area contributed by atoms with Crippen molar-refractivity contribution in [3.8, 4) is 11.1 Å². The molecule has 0 nitrogen and oxygen atoms in total. The summed E-state index contributed by atoms with van der Waals surface area (Å²) in [5.41, 5.74) is 17.7. The van der Waals surface area contributed by atoms with Gasteiger partial charge in [0.15, 0.2) is 0 Å². The molecule has 2 aliphatic carbocycles. The predicted octanol–water partition coefficient (Wildman–Crippen LogP) is 5.71. The SMILES string of the molecule is CC1=C[CH]([Zr+2](=[C](c2ccccc2)c2ccccc2)[CH]2c3cc(C(C)(C)C)ccc3-c3ccc(C(C)(C)C)cc32)c2c(C)cccc21.[Cl-].[Cl-]. The van der Waals surface area contributed by atoms with Gasteiger partial charge < -0.3 is 24.8 Å². The molecule has 1 atom stereocenters. The predicted molar refractivity (Wildman–Crippen MR) is 195 cm³/mol. The summed E-state index contributed by atoms with van der Waals surface area (Å²) in [6, 6.07) is 44.6. The van der Waals surface area contributed by atoms with Gasteiger partial charge in [-0.25, -0.2) is 0 Å². The second-order valence-corrected chi connectivity index (χ2v) is 21.9. The van der Waals surface area contributed by atoms with E-state index < -0.39 is 21.3 Å². The van der Waals surface area contributed by atoms with Gasteiger partial charge in [-0.1, -0.05) is 0 Å². The van der Waals surface area contributed by atoms with Crippen molar-refractivity contribution in [3.05, 3.63) is 171 Å². The molecule has 1 unspecified atom stereocenters. The van der Waals surface area contributed by atoms with E-state index in [-0.39, 0.29) is 35.6 Å². The van der Waals surface area contributed by atoms with Crippen LogP contribution in [0.4, 0.5) is 0 Å². The number of rotatable bonds is 4. The number of allylic oxidation sites excluding steroid dienone is 2. The van der Waals surface area contributed by atoms with Crippen LogP contribution in [0.25, 0.3) is 16.7 Å². The quantitative estimate of drug-likeness (QED) is 0.221. The summed E-state index contributed by atoms with van der Waals surface area (Å²) >= 11 is -2.90. The van der Waals surface area contributed by atoms with Crippen LogP contribution in [0, 0.1) is 6.92 Å². The minimum atomic E-state index is -2.90. The van der Waals surface area contributed by atoms with Crippen LogP contribution < -0.4 is 24.8 Å². The first kappa shape index (κ1) is 36.5. The van der Waals surface area contributed by atoms with Crippen molar-refractivity contribution in [3.63, 3.8) is 0 Å². The fourth-order valence-corrected chi connectivity index (χ4v) is 18.2. The first-order valence-corrected chi connectivity index (χ1v) is 20.9. The molecule has 0 N–H and O–H groups in total. The van der Waals surface area contributed by atoms with Gasteiger partial charge in [0.2, 0.25) is 0 Å². The van der Waals surface area contributed by atoms with Crippen molar-refractivity contribution in [2.24, 2.45) is 0 Å². The molecule has 0 radical (unpaired) electrons. The van der Waals surface area contributed by atoms with Crippen LogP contribution in [-0.2, 0) is 32.1 Å². The Hall–Kier alpha value is -2.83. The zero-order chi connectivity index (χ0) is 32.4. The Bertz CT molecular complexity index is 1920. The van der Waals surface area contributed by atoms with E-state index in [2.05, 4.69) is 177 Å². The smallest absolute Gasteiger partial charge is 1.00 e. The normalized spacial score (nSPS) is 14.8. The molecule has 0 aromatic heterocycles. The van der Waals surface area contributed by atoms with Crippen LogP contribution in [0.1, 0.15) is 106 Å². The summed E-state index contributed by atoms with van der Waals surface area (Å²) in [4.78, 5) is 0. The minimum absolute atomic E-state index is 0. The van der Waals surface area contributed by atoms with E-state index >= 15 is 0 Å². The number of fused-ring (bicyclic) bond motifs is 4. The zero-order valence-electron chi connectivity index (χ0n) is 29.5. The van der Waals surface area contributed by atoms with Crippen molar-refractivity contribution >= 4 is 8.78 Å². The summed E-state index contributed by atoms with van der Waals surface area (Å²) in [5.74, 6) is 0. The van der Waals surface area contributed by atoms with Crippen molar-refractivity contribution in [1.82, 2.24) is 0 Å². The van der Waals surface area contributed by atoms with Crippen LogP contribution in [0.15, 0.2) is 121 Å². The first-order valence-electron chi connectivity index (χ1n) is 16.9. The van der Waals surface area contributed by atoms with E-state index in [4.69, 9.17) is 0 Å². The van der Waals surface area contributed by atoms with Crippen LogP contribution in [0.3, 0.4) is 0 Å². The third kappa shape index (κ3) is 6.44. The van der Waals surface area contributed by atoms with Gasteiger partial charge in [0.25, 0.3) is 0 Å². The third-order valence-electron chi connectivity index (χ3n) is 10.3. The van der Waals surface area contributed by atoms with E-state index in [1.807, 2.05) is 0 Å². The van der Waals surface area contributed by atoms with Gasteiger partial charge in [0, 0.05) is 0 Å². The molecule has 5 aromatic carbocycles. The standard InChI is InChI=1S/C21H25.C13H10.C11H11.2ClH.Zr/c1-20(2,3)16-7-9-18-14(12-16)11-15-13-17(21(4,5)6)8-10-19(15)18;1-3-7-12(8-4-1)11-13-9-5-2-6-10-13;1-8-4-3-5-10-9(2)6-7-11(8)10;;;/h7-13H,1-6H3;1-10H;3-7H,1-2H3;2*1H;/q;;;;;+2/p-2. The molecule has 0 saturated heterocycles. The molecular formula is C45H46Cl2Zr. The van der Waals surface area contributed by atoms with Gasteiger partial charge in [0.1, 0.15) is 0 Å². The Morgan fingerprint density at radius 2 is 1.02 bits per heavy atom. The van der Waals surface area contributed by atoms with Gasteiger partial charge in [-0.05, 0) is 0 Å². The van der Waals surface area contributed by atoms with E-state index in [0.29, 0.717) is 7.25 Å². The molecule has 0 fully saturated rings. The molecule has 0 aliphatic heterocycles. The monoisotopic (exact) mass is 746 g/mol. The average Bonchev–Trinajstić information content (AvgIpc) is 3.54. The minimum Gasteiger partial charge on any atom is -1.00 e. The van der Waals surface area contributed by atoms with Gasteiger partial charge in [-0.2, -0.15) is 0 Å². The molecule has 3 heteroatoms. The Kier molecular flexibility index (Phi) is 10.5. The second kappa shape index (κ2) is 13.8. The molecule has 0 bridgehead atoms. The van der Waals surface area contributed by atoms with Crippen molar-refractivity contribution in [2.45, 2.75) is 73.5 Å². The number of halogens is 2. The van der Waals surface area contributed by atoms with E-state index in [9.17, 15) is 0 Å². The number of hydrogen-bond acceptors (Lipinski definition) is 0. The molecule has 0 heterocycles. The summed E-state index contributed by atoms with van der Waals surface area (Å²) in [5, 5.41) is 0. The molecule has 0 spiro atoms. The van der Waals surface area contributed by atoms with Gasteiger partial charge in [0.05, 0.1) is 0 Å². The maximum Gasteiger partial charge on any atom is -1.00 e. The second-order valence-electron chi connectivity index (χ2n) is 15.5. The number of benzene rings is 5. The molecular weight excluding hydrogens is 703 g/mol. The van der Waals surface area contributed by atoms with Crippen LogP contribution in [-0.4, -0.2) is 3.21 Å². The molecule has 2 aliphatic rings.